The molecule has 2 heterocycles. The number of amides is 2. The first kappa shape index (κ1) is 24.5. The summed E-state index contributed by atoms with van der Waals surface area (Å²) >= 11 is 0. The molecule has 0 saturated carbocycles. The van der Waals surface area contributed by atoms with Crippen LogP contribution in [0.5, 0.6) is 5.75 Å². The maximum atomic E-state index is 12.7. The summed E-state index contributed by atoms with van der Waals surface area (Å²) < 4.78 is 6.13. The van der Waals surface area contributed by atoms with Crippen molar-refractivity contribution in [3.8, 4) is 5.75 Å². The molecule has 2 aliphatic heterocycles. The standard InChI is InChI=1S/C25H40N4O3/c1-20(2)29-18-22-17-21(8-10-25(31)28-14-12-27(3)13-15-28)7-9-23(22)32-16-6-4-5-11-26-24(30)19-29/h7,9,17,20H,4-6,8,10-16,18-19H2,1-3H3,(H,26,30). The highest BCUT2D eigenvalue weighted by Gasteiger charge is 2.20. The number of rotatable bonds is 4. The number of piperazine rings is 1. The van der Waals surface area contributed by atoms with Gasteiger partial charge in [0.2, 0.25) is 11.8 Å². The Morgan fingerprint density at radius 1 is 1.09 bits per heavy atom. The molecular weight excluding hydrogens is 404 g/mol. The Morgan fingerprint density at radius 3 is 2.62 bits per heavy atom. The molecule has 7 heteroatoms. The second kappa shape index (κ2) is 12.2. The molecule has 0 radical (unpaired) electrons. The summed E-state index contributed by atoms with van der Waals surface area (Å²) in [6, 6.07) is 6.53. The van der Waals surface area contributed by atoms with Gasteiger partial charge in [0.05, 0.1) is 13.2 Å². The summed E-state index contributed by atoms with van der Waals surface area (Å²) in [5.41, 5.74) is 2.24. The monoisotopic (exact) mass is 444 g/mol. The third kappa shape index (κ3) is 7.48. The van der Waals surface area contributed by atoms with E-state index in [2.05, 4.69) is 48.1 Å². The van der Waals surface area contributed by atoms with Gasteiger partial charge in [-0.3, -0.25) is 14.5 Å². The molecule has 0 bridgehead atoms. The van der Waals surface area contributed by atoms with E-state index < -0.39 is 0 Å². The van der Waals surface area contributed by atoms with Crippen molar-refractivity contribution < 1.29 is 14.3 Å². The minimum atomic E-state index is 0.0781. The van der Waals surface area contributed by atoms with Gasteiger partial charge in [-0.05, 0) is 58.2 Å². The minimum Gasteiger partial charge on any atom is -0.493 e. The van der Waals surface area contributed by atoms with Crippen LogP contribution in [-0.4, -0.2) is 85.5 Å². The van der Waals surface area contributed by atoms with E-state index in [1.807, 2.05) is 11.0 Å². The Kier molecular flexibility index (Phi) is 9.36. The van der Waals surface area contributed by atoms with Crippen molar-refractivity contribution in [2.75, 3.05) is 52.9 Å². The van der Waals surface area contributed by atoms with E-state index in [4.69, 9.17) is 4.74 Å². The molecule has 0 unspecified atom stereocenters. The molecule has 1 N–H and O–H groups in total. The first-order chi connectivity index (χ1) is 15.4. The molecule has 1 saturated heterocycles. The van der Waals surface area contributed by atoms with Gasteiger partial charge in [0.1, 0.15) is 5.75 Å². The van der Waals surface area contributed by atoms with Crippen LogP contribution in [0.2, 0.25) is 0 Å². The third-order valence-electron chi connectivity index (χ3n) is 6.46. The fraction of sp³-hybridized carbons (Fsp3) is 0.680. The van der Waals surface area contributed by atoms with E-state index in [-0.39, 0.29) is 17.9 Å². The van der Waals surface area contributed by atoms with Crippen molar-refractivity contribution in [2.24, 2.45) is 0 Å². The fourth-order valence-corrected chi connectivity index (χ4v) is 4.21. The summed E-state index contributed by atoms with van der Waals surface area (Å²) in [7, 11) is 2.10. The van der Waals surface area contributed by atoms with E-state index >= 15 is 0 Å². The molecule has 3 rings (SSSR count). The molecule has 1 aromatic rings. The molecule has 1 fully saturated rings. The minimum absolute atomic E-state index is 0.0781. The zero-order valence-corrected chi connectivity index (χ0v) is 20.1. The summed E-state index contributed by atoms with van der Waals surface area (Å²) in [4.78, 5) is 31.5. The Hall–Kier alpha value is -2.12. The number of fused-ring (bicyclic) bond motifs is 1. The Labute approximate surface area is 193 Å². The SMILES string of the molecule is CC(C)N1CC(=O)NCCCCCOc2ccc(CCC(=O)N3CCN(C)CC3)cc2C1. The first-order valence-corrected chi connectivity index (χ1v) is 12.1. The molecule has 2 amide bonds. The van der Waals surface area contributed by atoms with Crippen molar-refractivity contribution in [3.05, 3.63) is 29.3 Å². The van der Waals surface area contributed by atoms with E-state index in [1.165, 1.54) is 0 Å². The molecule has 32 heavy (non-hydrogen) atoms. The van der Waals surface area contributed by atoms with Crippen LogP contribution in [0, 0.1) is 0 Å². The number of hydrogen-bond acceptors (Lipinski definition) is 5. The van der Waals surface area contributed by atoms with E-state index in [9.17, 15) is 9.59 Å². The number of nitrogens with one attached hydrogen (secondary N) is 1. The van der Waals surface area contributed by atoms with Crippen molar-refractivity contribution in [2.45, 2.75) is 58.5 Å². The van der Waals surface area contributed by atoms with E-state index in [0.29, 0.717) is 26.1 Å². The number of ether oxygens (including phenoxy) is 1. The van der Waals surface area contributed by atoms with Crippen LogP contribution >= 0.6 is 0 Å². The molecule has 0 atom stereocenters. The quantitative estimate of drug-likeness (QED) is 0.772. The Balaban J connectivity index is 1.69. The van der Waals surface area contributed by atoms with Crippen molar-refractivity contribution in [1.29, 1.82) is 0 Å². The highest BCUT2D eigenvalue weighted by atomic mass is 16.5. The largest absolute Gasteiger partial charge is 0.493 e. The first-order valence-electron chi connectivity index (χ1n) is 12.1. The number of nitrogens with zero attached hydrogens (tertiary/aromatic N) is 3. The second-order valence-corrected chi connectivity index (χ2v) is 9.38. The van der Waals surface area contributed by atoms with Gasteiger partial charge < -0.3 is 19.9 Å². The predicted molar refractivity (Wildman–Crippen MR) is 127 cm³/mol. The number of likely N-dealkylation sites (N-methyl/N-ethyl adjacent to an activating group) is 1. The molecule has 178 valence electrons. The second-order valence-electron chi connectivity index (χ2n) is 9.38. The van der Waals surface area contributed by atoms with Gasteiger partial charge in [-0.25, -0.2) is 0 Å². The van der Waals surface area contributed by atoms with Crippen LogP contribution in [0.3, 0.4) is 0 Å². The van der Waals surface area contributed by atoms with Gasteiger partial charge in [-0.1, -0.05) is 12.1 Å². The zero-order valence-electron chi connectivity index (χ0n) is 20.1. The lowest BCUT2D eigenvalue weighted by molar-refractivity contribution is -0.132. The van der Waals surface area contributed by atoms with Crippen molar-refractivity contribution in [3.63, 3.8) is 0 Å². The average Bonchev–Trinajstić information content (AvgIpc) is 2.78. The molecule has 1 aromatic carbocycles. The number of benzene rings is 1. The molecule has 0 aliphatic carbocycles. The molecule has 0 aromatic heterocycles. The van der Waals surface area contributed by atoms with Crippen LogP contribution in [0.15, 0.2) is 18.2 Å². The lowest BCUT2D eigenvalue weighted by atomic mass is 10.0. The average molecular weight is 445 g/mol. The molecular formula is C25H40N4O3. The third-order valence-corrected chi connectivity index (χ3v) is 6.46. The maximum Gasteiger partial charge on any atom is 0.234 e. The highest BCUT2D eigenvalue weighted by molar-refractivity contribution is 5.78. The predicted octanol–water partition coefficient (Wildman–Crippen LogP) is 2.28. The van der Waals surface area contributed by atoms with Crippen molar-refractivity contribution in [1.82, 2.24) is 20.0 Å². The van der Waals surface area contributed by atoms with Gasteiger partial charge in [0.25, 0.3) is 0 Å². The lowest BCUT2D eigenvalue weighted by Gasteiger charge is -2.32. The smallest absolute Gasteiger partial charge is 0.234 e. The van der Waals surface area contributed by atoms with E-state index in [0.717, 1.165) is 75.3 Å². The van der Waals surface area contributed by atoms with Crippen LogP contribution in [0.25, 0.3) is 0 Å². The van der Waals surface area contributed by atoms with Crippen LogP contribution in [-0.2, 0) is 22.6 Å². The molecule has 7 nitrogen and oxygen atoms in total. The van der Waals surface area contributed by atoms with E-state index in [1.54, 1.807) is 0 Å². The van der Waals surface area contributed by atoms with Gasteiger partial charge in [0, 0.05) is 57.3 Å². The number of carbonyl (C=O) groups is 2. The normalized spacial score (nSPS) is 19.9. The van der Waals surface area contributed by atoms with Crippen LogP contribution in [0.4, 0.5) is 0 Å². The number of hydrogen-bond donors (Lipinski definition) is 1. The van der Waals surface area contributed by atoms with Crippen molar-refractivity contribution >= 4 is 11.8 Å². The summed E-state index contributed by atoms with van der Waals surface area (Å²) in [6.07, 6.45) is 4.24. The van der Waals surface area contributed by atoms with Crippen LogP contribution < -0.4 is 10.1 Å². The summed E-state index contributed by atoms with van der Waals surface area (Å²) in [6.45, 7) is 10.2. The molecule has 0 spiro atoms. The Morgan fingerprint density at radius 2 is 1.88 bits per heavy atom. The Bertz CT molecular complexity index is 760. The van der Waals surface area contributed by atoms with Gasteiger partial charge in [-0.15, -0.1) is 0 Å². The number of carbonyl (C=O) groups excluding carboxylic acids is 2. The van der Waals surface area contributed by atoms with Crippen LogP contribution in [0.1, 0.15) is 50.7 Å². The summed E-state index contributed by atoms with van der Waals surface area (Å²) in [5.74, 6) is 1.21. The summed E-state index contributed by atoms with van der Waals surface area (Å²) in [5, 5.41) is 3.04. The lowest BCUT2D eigenvalue weighted by Crippen LogP contribution is -2.47. The maximum absolute atomic E-state index is 12.7. The van der Waals surface area contributed by atoms with Gasteiger partial charge >= 0.3 is 0 Å². The topological polar surface area (TPSA) is 65.1 Å². The number of aryl methyl sites for hydroxylation is 1. The van der Waals surface area contributed by atoms with Gasteiger partial charge in [-0.2, -0.15) is 0 Å². The highest BCUT2D eigenvalue weighted by Crippen LogP contribution is 2.24. The fourth-order valence-electron chi connectivity index (χ4n) is 4.21. The zero-order chi connectivity index (χ0) is 22.9. The van der Waals surface area contributed by atoms with Gasteiger partial charge in [0.15, 0.2) is 0 Å². The molecule has 2 aliphatic rings.